The molecule has 3 fully saturated rings. The summed E-state index contributed by atoms with van der Waals surface area (Å²) in [5.41, 5.74) is -1.23. The summed E-state index contributed by atoms with van der Waals surface area (Å²) in [5.74, 6) is -0.486. The summed E-state index contributed by atoms with van der Waals surface area (Å²) in [6.07, 6.45) is 11.1. The third kappa shape index (κ3) is 3.93. The summed E-state index contributed by atoms with van der Waals surface area (Å²) in [5, 5.41) is 10.1. The van der Waals surface area contributed by atoms with Crippen molar-refractivity contribution in [1.29, 1.82) is 5.26 Å². The number of hydrogen-bond donors (Lipinski definition) is 0. The van der Waals surface area contributed by atoms with Gasteiger partial charge < -0.3 is 9.47 Å². The number of Topliss-reactive ketones (excluding diaryl/α,β-unsaturated/α-hetero) is 1. The number of fused-ring (bicyclic) bond motifs is 7. The summed E-state index contributed by atoms with van der Waals surface area (Å²) in [6.45, 7) is 13.8. The van der Waals surface area contributed by atoms with Crippen LogP contribution in [0.3, 0.4) is 0 Å². The Morgan fingerprint density at radius 3 is 2.29 bits per heavy atom. The Balaban J connectivity index is 1.68. The Labute approximate surface area is 246 Å². The van der Waals surface area contributed by atoms with Gasteiger partial charge in [0.2, 0.25) is 0 Å². The highest BCUT2D eigenvalue weighted by atomic mass is 16.5. The average molecular weight is 564 g/mol. The third-order valence-electron chi connectivity index (χ3n) is 13.5. The number of esters is 1. The van der Waals surface area contributed by atoms with Gasteiger partial charge in [-0.1, -0.05) is 53.2 Å². The SMILES string of the molecule is COCC[C@]1(C)C(=O)C(C#N)=C[C@]2(C)C3=CC(=O)C4[C@H]5CCC(C)(C)CC[C@]5(C(=O)OC)CC[C@@]4(C)[C@]3(C)CCC21. The number of rotatable bonds is 4. The van der Waals surface area contributed by atoms with Crippen molar-refractivity contribution in [2.75, 3.05) is 20.8 Å². The summed E-state index contributed by atoms with van der Waals surface area (Å²) in [7, 11) is 3.14. The highest BCUT2D eigenvalue weighted by Crippen LogP contribution is 2.74. The van der Waals surface area contributed by atoms with E-state index < -0.39 is 16.2 Å². The minimum Gasteiger partial charge on any atom is -0.469 e. The lowest BCUT2D eigenvalue weighted by atomic mass is 9.35. The normalized spacial score (nSPS) is 45.0. The quantitative estimate of drug-likeness (QED) is 0.350. The van der Waals surface area contributed by atoms with Gasteiger partial charge in [-0.3, -0.25) is 14.4 Å². The first-order valence-electron chi connectivity index (χ1n) is 15.6. The van der Waals surface area contributed by atoms with Crippen molar-refractivity contribution < 1.29 is 23.9 Å². The summed E-state index contributed by atoms with van der Waals surface area (Å²) < 4.78 is 10.9. The van der Waals surface area contributed by atoms with Crippen LogP contribution in [0.1, 0.15) is 99.3 Å². The molecule has 0 spiro atoms. The lowest BCUT2D eigenvalue weighted by molar-refractivity contribution is -0.181. The van der Waals surface area contributed by atoms with Crippen molar-refractivity contribution in [1.82, 2.24) is 0 Å². The monoisotopic (exact) mass is 563 g/mol. The van der Waals surface area contributed by atoms with Gasteiger partial charge in [0.25, 0.3) is 0 Å². The number of hydrogen-bond acceptors (Lipinski definition) is 6. The lowest BCUT2D eigenvalue weighted by Gasteiger charge is -2.67. The molecule has 2 unspecified atom stereocenters. The zero-order valence-electron chi connectivity index (χ0n) is 26.4. The van der Waals surface area contributed by atoms with E-state index in [9.17, 15) is 19.6 Å². The highest BCUT2D eigenvalue weighted by Gasteiger charge is 2.70. The topological polar surface area (TPSA) is 93.5 Å². The van der Waals surface area contributed by atoms with Gasteiger partial charge in [0.05, 0.1) is 18.1 Å². The van der Waals surface area contributed by atoms with E-state index in [1.54, 1.807) is 7.11 Å². The summed E-state index contributed by atoms with van der Waals surface area (Å²) in [4.78, 5) is 41.8. The van der Waals surface area contributed by atoms with Crippen molar-refractivity contribution in [3.8, 4) is 6.07 Å². The van der Waals surface area contributed by atoms with E-state index in [0.29, 0.717) is 13.0 Å². The Kier molecular flexibility index (Phi) is 7.09. The van der Waals surface area contributed by atoms with Crippen LogP contribution in [-0.2, 0) is 23.9 Å². The van der Waals surface area contributed by atoms with Gasteiger partial charge in [-0.05, 0) is 91.9 Å². The van der Waals surface area contributed by atoms with E-state index in [1.807, 2.05) is 19.1 Å². The molecule has 5 aliphatic rings. The smallest absolute Gasteiger partial charge is 0.312 e. The van der Waals surface area contributed by atoms with Gasteiger partial charge >= 0.3 is 5.97 Å². The number of carbonyl (C=O) groups excluding carboxylic acids is 3. The van der Waals surface area contributed by atoms with E-state index in [1.165, 1.54) is 7.11 Å². The molecule has 0 N–H and O–H groups in total. The second-order valence-corrected chi connectivity index (χ2v) is 15.7. The van der Waals surface area contributed by atoms with Crippen LogP contribution < -0.4 is 0 Å². The molecular formula is C35H49NO5. The molecule has 0 aliphatic heterocycles. The predicted octanol–water partition coefficient (Wildman–Crippen LogP) is 6.79. The standard InChI is InChI=1S/C35H49NO5/c1-30(2)11-9-23-27-24(37)19-26-32(4)20-22(21-36)28(38)31(3,17-18-40-7)25(32)10-12-33(26,5)34(27,6)14-16-35(23,15-13-30)29(39)41-8/h19-20,23,25,27H,9-18H2,1-8H3/t23-,25?,27?,31+,32+,33-,34-,35+/m1/s1. The van der Waals surface area contributed by atoms with Crippen LogP contribution in [0.5, 0.6) is 0 Å². The fraction of sp³-hybridized carbons (Fsp3) is 0.771. The molecule has 8 atom stereocenters. The molecule has 5 aliphatic carbocycles. The maximum Gasteiger partial charge on any atom is 0.312 e. The van der Waals surface area contributed by atoms with Crippen LogP contribution >= 0.6 is 0 Å². The Morgan fingerprint density at radius 2 is 1.66 bits per heavy atom. The number of carbonyl (C=O) groups is 3. The minimum absolute atomic E-state index is 0.0292. The van der Waals surface area contributed by atoms with Gasteiger partial charge in [-0.2, -0.15) is 5.26 Å². The molecule has 0 aromatic carbocycles. The van der Waals surface area contributed by atoms with Gasteiger partial charge in [-0.25, -0.2) is 0 Å². The van der Waals surface area contributed by atoms with Gasteiger partial charge in [0.1, 0.15) is 6.07 Å². The second kappa shape index (κ2) is 9.63. The zero-order valence-corrected chi connectivity index (χ0v) is 26.4. The van der Waals surface area contributed by atoms with Crippen LogP contribution in [0.2, 0.25) is 0 Å². The Hall–Kier alpha value is -2.26. The van der Waals surface area contributed by atoms with E-state index in [2.05, 4.69) is 40.7 Å². The molecule has 41 heavy (non-hydrogen) atoms. The molecule has 0 aromatic heterocycles. The molecule has 0 amide bonds. The first kappa shape index (κ1) is 30.2. The largest absolute Gasteiger partial charge is 0.469 e. The minimum atomic E-state index is -0.743. The highest BCUT2D eigenvalue weighted by molar-refractivity contribution is 6.05. The van der Waals surface area contributed by atoms with E-state index in [0.717, 1.165) is 56.9 Å². The van der Waals surface area contributed by atoms with Crippen LogP contribution in [0, 0.1) is 61.6 Å². The number of methoxy groups -OCH3 is 2. The molecule has 224 valence electrons. The number of ketones is 2. The molecule has 0 radical (unpaired) electrons. The number of ether oxygens (including phenoxy) is 2. The van der Waals surface area contributed by atoms with Crippen LogP contribution in [0.25, 0.3) is 0 Å². The lowest BCUT2D eigenvalue weighted by Crippen LogP contribution is -2.65. The Morgan fingerprint density at radius 1 is 0.976 bits per heavy atom. The molecule has 0 aromatic rings. The van der Waals surface area contributed by atoms with Gasteiger partial charge in [0.15, 0.2) is 11.6 Å². The van der Waals surface area contributed by atoms with E-state index >= 15 is 0 Å². The van der Waals surface area contributed by atoms with Crippen molar-refractivity contribution in [2.24, 2.45) is 50.2 Å². The van der Waals surface area contributed by atoms with Crippen molar-refractivity contribution in [3.05, 3.63) is 23.3 Å². The molecular weight excluding hydrogens is 514 g/mol. The van der Waals surface area contributed by atoms with Crippen LogP contribution in [0.4, 0.5) is 0 Å². The molecule has 5 rings (SSSR count). The average Bonchev–Trinajstić information content (AvgIpc) is 3.07. The summed E-state index contributed by atoms with van der Waals surface area (Å²) in [6, 6.07) is 2.21. The van der Waals surface area contributed by atoms with Crippen molar-refractivity contribution in [3.63, 3.8) is 0 Å². The van der Waals surface area contributed by atoms with Gasteiger partial charge in [-0.15, -0.1) is 0 Å². The second-order valence-electron chi connectivity index (χ2n) is 15.7. The molecule has 6 heteroatoms. The Bertz CT molecular complexity index is 1270. The molecule has 6 nitrogen and oxygen atoms in total. The fourth-order valence-electron chi connectivity index (χ4n) is 10.7. The predicted molar refractivity (Wildman–Crippen MR) is 156 cm³/mol. The first-order chi connectivity index (χ1) is 19.1. The van der Waals surface area contributed by atoms with E-state index in [4.69, 9.17) is 9.47 Å². The summed E-state index contributed by atoms with van der Waals surface area (Å²) >= 11 is 0. The zero-order chi connectivity index (χ0) is 30.2. The molecule has 0 heterocycles. The third-order valence-corrected chi connectivity index (χ3v) is 13.5. The van der Waals surface area contributed by atoms with Crippen LogP contribution in [0.15, 0.2) is 23.3 Å². The molecule has 0 bridgehead atoms. The fourth-order valence-corrected chi connectivity index (χ4v) is 10.7. The van der Waals surface area contributed by atoms with Crippen LogP contribution in [-0.4, -0.2) is 38.4 Å². The van der Waals surface area contributed by atoms with Crippen molar-refractivity contribution >= 4 is 17.5 Å². The number of nitrogens with zero attached hydrogens (tertiary/aromatic N) is 1. The molecule has 0 saturated heterocycles. The van der Waals surface area contributed by atoms with Gasteiger partial charge in [0, 0.05) is 30.5 Å². The number of nitriles is 1. The first-order valence-corrected chi connectivity index (χ1v) is 15.6. The van der Waals surface area contributed by atoms with Crippen molar-refractivity contribution in [2.45, 2.75) is 99.3 Å². The maximum absolute atomic E-state index is 14.6. The van der Waals surface area contributed by atoms with E-state index in [-0.39, 0.29) is 57.1 Å². The molecule has 3 saturated carbocycles. The number of allylic oxidation sites excluding steroid dienone is 4. The maximum atomic E-state index is 14.6.